The number of nitrogens with two attached hydrogens (primary N) is 1. The number of oxime groups is 1. The molecule has 0 saturated heterocycles. The van der Waals surface area contributed by atoms with E-state index in [9.17, 15) is 0 Å². The summed E-state index contributed by atoms with van der Waals surface area (Å²) >= 11 is 0. The van der Waals surface area contributed by atoms with Crippen molar-refractivity contribution in [3.8, 4) is 0 Å². The van der Waals surface area contributed by atoms with E-state index in [0.717, 1.165) is 5.69 Å². The van der Waals surface area contributed by atoms with Crippen LogP contribution in [0.3, 0.4) is 0 Å². The number of hydrogen-bond acceptors (Lipinski definition) is 3. The number of nitrogens with zero attached hydrogens (tertiary/aromatic N) is 2. The lowest BCUT2D eigenvalue weighted by atomic mass is 10.3. The Balaban J connectivity index is 2.56. The zero-order chi connectivity index (χ0) is 7.40. The topological polar surface area (TPSA) is 87.3 Å². The SMILES string of the molecule is NC(Cc1cnc[nH]1)=NO. The van der Waals surface area contributed by atoms with Crippen LogP contribution in [-0.4, -0.2) is 21.0 Å². The van der Waals surface area contributed by atoms with Crippen molar-refractivity contribution in [3.63, 3.8) is 0 Å². The van der Waals surface area contributed by atoms with E-state index >= 15 is 0 Å². The Morgan fingerprint density at radius 2 is 2.70 bits per heavy atom. The average Bonchev–Trinajstić information content (AvgIpc) is 2.40. The molecular formula is C5H8N4O. The molecule has 0 saturated carbocycles. The summed E-state index contributed by atoms with van der Waals surface area (Å²) in [6, 6.07) is 0. The minimum absolute atomic E-state index is 0.171. The molecule has 0 radical (unpaired) electrons. The maximum atomic E-state index is 8.16. The van der Waals surface area contributed by atoms with Crippen LogP contribution in [-0.2, 0) is 6.42 Å². The first kappa shape index (κ1) is 6.60. The summed E-state index contributed by atoms with van der Waals surface area (Å²) in [6.07, 6.45) is 3.56. The molecule has 1 rings (SSSR count). The number of hydrogen-bond donors (Lipinski definition) is 3. The van der Waals surface area contributed by atoms with Crippen molar-refractivity contribution >= 4 is 5.84 Å². The van der Waals surface area contributed by atoms with Gasteiger partial charge >= 0.3 is 0 Å². The third-order valence-electron chi connectivity index (χ3n) is 1.05. The summed E-state index contributed by atoms with van der Waals surface area (Å²) < 4.78 is 0. The predicted molar refractivity (Wildman–Crippen MR) is 35.7 cm³/mol. The van der Waals surface area contributed by atoms with Gasteiger partial charge in [-0.15, -0.1) is 0 Å². The Morgan fingerprint density at radius 1 is 1.90 bits per heavy atom. The lowest BCUT2D eigenvalue weighted by Crippen LogP contribution is -2.14. The van der Waals surface area contributed by atoms with Crippen LogP contribution in [0.15, 0.2) is 17.7 Å². The van der Waals surface area contributed by atoms with E-state index in [0.29, 0.717) is 6.42 Å². The van der Waals surface area contributed by atoms with Gasteiger partial charge in [-0.25, -0.2) is 4.98 Å². The van der Waals surface area contributed by atoms with Crippen molar-refractivity contribution in [2.75, 3.05) is 0 Å². The molecule has 54 valence electrons. The molecule has 0 fully saturated rings. The van der Waals surface area contributed by atoms with Gasteiger partial charge in [0.1, 0.15) is 5.84 Å². The molecule has 0 aliphatic rings. The van der Waals surface area contributed by atoms with E-state index in [2.05, 4.69) is 15.1 Å². The lowest BCUT2D eigenvalue weighted by molar-refractivity contribution is 0.317. The van der Waals surface area contributed by atoms with Crippen LogP contribution in [0.1, 0.15) is 5.69 Å². The van der Waals surface area contributed by atoms with Crippen LogP contribution in [0.2, 0.25) is 0 Å². The van der Waals surface area contributed by atoms with Crippen LogP contribution in [0.4, 0.5) is 0 Å². The number of nitrogens with one attached hydrogen (secondary N) is 1. The van der Waals surface area contributed by atoms with Gasteiger partial charge < -0.3 is 15.9 Å². The Kier molecular flexibility index (Phi) is 1.89. The fourth-order valence-corrected chi connectivity index (χ4v) is 0.612. The van der Waals surface area contributed by atoms with Crippen molar-refractivity contribution in [1.29, 1.82) is 0 Å². The van der Waals surface area contributed by atoms with Gasteiger partial charge in [-0.2, -0.15) is 0 Å². The van der Waals surface area contributed by atoms with Crippen LogP contribution in [0.5, 0.6) is 0 Å². The molecule has 4 N–H and O–H groups in total. The molecule has 0 aliphatic carbocycles. The first-order valence-electron chi connectivity index (χ1n) is 2.76. The predicted octanol–water partition coefficient (Wildman–Crippen LogP) is -0.301. The number of H-pyrrole nitrogens is 1. The number of aromatic nitrogens is 2. The van der Waals surface area contributed by atoms with E-state index in [4.69, 9.17) is 10.9 Å². The van der Waals surface area contributed by atoms with E-state index in [1.54, 1.807) is 12.5 Å². The quantitative estimate of drug-likeness (QED) is 0.228. The monoisotopic (exact) mass is 140 g/mol. The summed E-state index contributed by atoms with van der Waals surface area (Å²) in [5.74, 6) is 0.171. The highest BCUT2D eigenvalue weighted by Crippen LogP contribution is 1.90. The van der Waals surface area contributed by atoms with Gasteiger partial charge in [0.25, 0.3) is 0 Å². The fourth-order valence-electron chi connectivity index (χ4n) is 0.612. The van der Waals surface area contributed by atoms with Crippen molar-refractivity contribution < 1.29 is 5.21 Å². The second-order valence-corrected chi connectivity index (χ2v) is 1.84. The summed E-state index contributed by atoms with van der Waals surface area (Å²) in [5.41, 5.74) is 6.05. The van der Waals surface area contributed by atoms with Crippen LogP contribution >= 0.6 is 0 Å². The Hall–Kier alpha value is -1.52. The maximum Gasteiger partial charge on any atom is 0.145 e. The number of imidazole rings is 1. The molecule has 5 heteroatoms. The van der Waals surface area contributed by atoms with Crippen LogP contribution < -0.4 is 5.73 Å². The van der Waals surface area contributed by atoms with Crippen molar-refractivity contribution in [3.05, 3.63) is 18.2 Å². The zero-order valence-electron chi connectivity index (χ0n) is 5.28. The molecule has 0 unspecified atom stereocenters. The third-order valence-corrected chi connectivity index (χ3v) is 1.05. The molecule has 5 nitrogen and oxygen atoms in total. The van der Waals surface area contributed by atoms with E-state index < -0.39 is 0 Å². The van der Waals surface area contributed by atoms with Crippen molar-refractivity contribution in [2.24, 2.45) is 10.9 Å². The molecule has 0 atom stereocenters. The number of aromatic amines is 1. The standard InChI is InChI=1S/C5H8N4O/c6-5(9-10)1-4-2-7-3-8-4/h2-3,10H,1H2,(H2,6,9)(H,7,8). The van der Waals surface area contributed by atoms with Gasteiger partial charge in [0, 0.05) is 11.9 Å². The molecule has 0 aliphatic heterocycles. The molecular weight excluding hydrogens is 132 g/mol. The minimum Gasteiger partial charge on any atom is -0.409 e. The smallest absolute Gasteiger partial charge is 0.145 e. The highest BCUT2D eigenvalue weighted by Gasteiger charge is 1.96. The molecule has 1 aromatic rings. The highest BCUT2D eigenvalue weighted by atomic mass is 16.4. The first-order valence-corrected chi connectivity index (χ1v) is 2.76. The molecule has 0 amide bonds. The third kappa shape index (κ3) is 1.48. The summed E-state index contributed by atoms with van der Waals surface area (Å²) in [5, 5.41) is 11.0. The van der Waals surface area contributed by atoms with Gasteiger partial charge in [-0.1, -0.05) is 5.16 Å². The molecule has 0 spiro atoms. The van der Waals surface area contributed by atoms with Crippen LogP contribution in [0.25, 0.3) is 0 Å². The number of rotatable bonds is 2. The Bertz CT molecular complexity index is 216. The van der Waals surface area contributed by atoms with Crippen molar-refractivity contribution in [2.45, 2.75) is 6.42 Å². The second-order valence-electron chi connectivity index (χ2n) is 1.84. The molecule has 10 heavy (non-hydrogen) atoms. The molecule has 0 aromatic carbocycles. The summed E-state index contributed by atoms with van der Waals surface area (Å²) in [4.78, 5) is 6.58. The lowest BCUT2D eigenvalue weighted by Gasteiger charge is -1.91. The Morgan fingerprint density at radius 3 is 3.20 bits per heavy atom. The van der Waals surface area contributed by atoms with E-state index in [1.165, 1.54) is 0 Å². The largest absolute Gasteiger partial charge is 0.409 e. The highest BCUT2D eigenvalue weighted by molar-refractivity contribution is 5.81. The molecule has 1 aromatic heterocycles. The summed E-state index contributed by atoms with van der Waals surface area (Å²) in [7, 11) is 0. The maximum absolute atomic E-state index is 8.16. The van der Waals surface area contributed by atoms with Crippen molar-refractivity contribution in [1.82, 2.24) is 9.97 Å². The van der Waals surface area contributed by atoms with Gasteiger partial charge in [0.05, 0.1) is 12.7 Å². The molecule has 1 heterocycles. The summed E-state index contributed by atoms with van der Waals surface area (Å²) in [6.45, 7) is 0. The zero-order valence-corrected chi connectivity index (χ0v) is 5.28. The van der Waals surface area contributed by atoms with Gasteiger partial charge in [-0.3, -0.25) is 0 Å². The minimum atomic E-state index is 0.171. The second kappa shape index (κ2) is 2.86. The van der Waals surface area contributed by atoms with Gasteiger partial charge in [0.2, 0.25) is 0 Å². The van der Waals surface area contributed by atoms with Gasteiger partial charge in [-0.05, 0) is 0 Å². The van der Waals surface area contributed by atoms with Crippen LogP contribution in [0, 0.1) is 0 Å². The fraction of sp³-hybridized carbons (Fsp3) is 0.200. The average molecular weight is 140 g/mol. The van der Waals surface area contributed by atoms with E-state index in [-0.39, 0.29) is 5.84 Å². The van der Waals surface area contributed by atoms with E-state index in [1.807, 2.05) is 0 Å². The molecule has 0 bridgehead atoms. The van der Waals surface area contributed by atoms with Gasteiger partial charge in [0.15, 0.2) is 0 Å². The first-order chi connectivity index (χ1) is 4.83. The normalized spacial score (nSPS) is 11.8. The Labute approximate surface area is 57.6 Å². The number of amidine groups is 1.